The molecule has 0 aliphatic rings. The topological polar surface area (TPSA) is 56.3 Å². The number of benzene rings is 1. The van der Waals surface area contributed by atoms with E-state index in [9.17, 15) is 0 Å². The Kier molecular flexibility index (Phi) is 5.61. The number of hydrogen-bond acceptors (Lipinski definition) is 5. The van der Waals surface area contributed by atoms with Crippen molar-refractivity contribution >= 4 is 23.2 Å². The largest absolute Gasteiger partial charge is 0.488 e. The number of nitrogens with one attached hydrogen (secondary N) is 1. The normalized spacial score (nSPS) is 10.0. The fourth-order valence-electron chi connectivity index (χ4n) is 1.63. The summed E-state index contributed by atoms with van der Waals surface area (Å²) in [4.78, 5) is 8.33. The lowest BCUT2D eigenvalue weighted by Gasteiger charge is -2.10. The average Bonchev–Trinajstić information content (AvgIpc) is 2.50. The molecule has 1 aromatic carbocycles. The minimum atomic E-state index is 0.442. The molecule has 0 fully saturated rings. The van der Waals surface area contributed by atoms with Gasteiger partial charge in [-0.15, -0.1) is 0 Å². The fraction of sp³-hybridized carbons (Fsp3) is 0.250. The van der Waals surface area contributed by atoms with Gasteiger partial charge in [0.05, 0.1) is 12.1 Å². The summed E-state index contributed by atoms with van der Waals surface area (Å²) in [5, 5.41) is 3.64. The summed E-state index contributed by atoms with van der Waals surface area (Å²) in [7, 11) is 1.56. The Balaban J connectivity index is 2.12. The number of ether oxygens (including phenoxy) is 2. The highest BCUT2D eigenvalue weighted by Crippen LogP contribution is 2.29. The number of halogens is 1. The predicted molar refractivity (Wildman–Crippen MR) is 88.2 cm³/mol. The Bertz CT molecular complexity index is 670. The maximum atomic E-state index is 6.14. The fourth-order valence-corrected chi connectivity index (χ4v) is 1.81. The lowest BCUT2D eigenvalue weighted by Crippen LogP contribution is -2.00. The maximum Gasteiger partial charge on any atom is 0.230 e. The quantitative estimate of drug-likeness (QED) is 0.808. The van der Waals surface area contributed by atoms with Crippen molar-refractivity contribution in [2.75, 3.05) is 19.0 Å². The van der Waals surface area contributed by atoms with E-state index in [0.717, 1.165) is 5.69 Å². The monoisotopic (exact) mass is 319 g/mol. The Morgan fingerprint density at radius 1 is 1.32 bits per heavy atom. The molecule has 0 unspecified atom stereocenters. The third kappa shape index (κ3) is 4.63. The summed E-state index contributed by atoms with van der Waals surface area (Å²) in [6.07, 6.45) is 3.61. The van der Waals surface area contributed by atoms with Gasteiger partial charge in [0.1, 0.15) is 12.4 Å². The second kappa shape index (κ2) is 7.66. The second-order valence-electron chi connectivity index (χ2n) is 4.79. The molecule has 2 aromatic rings. The molecule has 0 saturated carbocycles. The predicted octanol–water partition coefficient (Wildman–Crippen LogP) is 4.23. The molecule has 0 spiro atoms. The van der Waals surface area contributed by atoms with E-state index < -0.39 is 0 Å². The Morgan fingerprint density at radius 2 is 2.14 bits per heavy atom. The molecule has 0 atom stereocenters. The Labute approximate surface area is 135 Å². The average molecular weight is 320 g/mol. The van der Waals surface area contributed by atoms with Crippen LogP contribution in [-0.4, -0.2) is 23.7 Å². The zero-order valence-corrected chi connectivity index (χ0v) is 13.5. The Morgan fingerprint density at radius 3 is 2.86 bits per heavy atom. The minimum absolute atomic E-state index is 0.442. The van der Waals surface area contributed by atoms with E-state index in [0.29, 0.717) is 29.2 Å². The van der Waals surface area contributed by atoms with Crippen LogP contribution in [0.1, 0.15) is 13.8 Å². The lowest BCUT2D eigenvalue weighted by molar-refractivity contribution is 0.362. The van der Waals surface area contributed by atoms with Crippen LogP contribution in [-0.2, 0) is 0 Å². The standard InChI is InChI=1S/C16H18ClN3O2/c1-11(2)7-9-22-14-10-12(4-5-13(14)17)19-16-18-8-6-15(20-16)21-3/h4-8,10H,9H2,1-3H3,(H,18,19,20). The van der Waals surface area contributed by atoms with Crippen molar-refractivity contribution in [3.8, 4) is 11.6 Å². The van der Waals surface area contributed by atoms with Gasteiger partial charge in [-0.2, -0.15) is 4.98 Å². The molecule has 116 valence electrons. The maximum absolute atomic E-state index is 6.14. The third-order valence-electron chi connectivity index (χ3n) is 2.76. The lowest BCUT2D eigenvalue weighted by atomic mass is 10.3. The molecule has 1 aromatic heterocycles. The van der Waals surface area contributed by atoms with Crippen molar-refractivity contribution in [3.63, 3.8) is 0 Å². The van der Waals surface area contributed by atoms with Crippen LogP contribution in [0.4, 0.5) is 11.6 Å². The van der Waals surface area contributed by atoms with E-state index in [-0.39, 0.29) is 0 Å². The van der Waals surface area contributed by atoms with Crippen molar-refractivity contribution in [2.45, 2.75) is 13.8 Å². The van der Waals surface area contributed by atoms with Crippen LogP contribution in [0.3, 0.4) is 0 Å². The molecule has 0 radical (unpaired) electrons. The summed E-state index contributed by atoms with van der Waals surface area (Å²) in [6, 6.07) is 7.09. The van der Waals surface area contributed by atoms with E-state index in [2.05, 4.69) is 15.3 Å². The zero-order valence-electron chi connectivity index (χ0n) is 12.8. The van der Waals surface area contributed by atoms with Crippen LogP contribution in [0.15, 0.2) is 42.1 Å². The third-order valence-corrected chi connectivity index (χ3v) is 3.07. The van der Waals surface area contributed by atoms with Gasteiger partial charge < -0.3 is 14.8 Å². The summed E-state index contributed by atoms with van der Waals surface area (Å²) < 4.78 is 10.7. The van der Waals surface area contributed by atoms with Gasteiger partial charge in [-0.3, -0.25) is 0 Å². The first-order chi connectivity index (χ1) is 10.6. The first-order valence-corrected chi connectivity index (χ1v) is 7.16. The smallest absolute Gasteiger partial charge is 0.230 e. The van der Waals surface area contributed by atoms with E-state index in [1.165, 1.54) is 5.57 Å². The number of nitrogens with zero attached hydrogens (tertiary/aromatic N) is 2. The molecule has 0 aliphatic heterocycles. The van der Waals surface area contributed by atoms with E-state index in [4.69, 9.17) is 21.1 Å². The van der Waals surface area contributed by atoms with E-state index in [1.807, 2.05) is 32.1 Å². The molecule has 0 saturated heterocycles. The summed E-state index contributed by atoms with van der Waals surface area (Å²) in [5.41, 5.74) is 1.97. The summed E-state index contributed by atoms with van der Waals surface area (Å²) in [5.74, 6) is 1.54. The van der Waals surface area contributed by atoms with Crippen molar-refractivity contribution in [1.29, 1.82) is 0 Å². The number of anilines is 2. The molecule has 1 N–H and O–H groups in total. The molecular weight excluding hydrogens is 302 g/mol. The van der Waals surface area contributed by atoms with Crippen LogP contribution < -0.4 is 14.8 Å². The SMILES string of the molecule is COc1ccnc(Nc2ccc(Cl)c(OCC=C(C)C)c2)n1. The van der Waals surface area contributed by atoms with Crippen molar-refractivity contribution in [2.24, 2.45) is 0 Å². The van der Waals surface area contributed by atoms with Gasteiger partial charge in [0.25, 0.3) is 0 Å². The van der Waals surface area contributed by atoms with Gasteiger partial charge in [0.2, 0.25) is 11.8 Å². The van der Waals surface area contributed by atoms with Crippen LogP contribution in [0.25, 0.3) is 0 Å². The number of hydrogen-bond donors (Lipinski definition) is 1. The van der Waals surface area contributed by atoms with Crippen LogP contribution in [0, 0.1) is 0 Å². The number of rotatable bonds is 6. The molecular formula is C16H18ClN3O2. The number of methoxy groups -OCH3 is 1. The molecule has 5 nitrogen and oxygen atoms in total. The van der Waals surface area contributed by atoms with Gasteiger partial charge >= 0.3 is 0 Å². The van der Waals surface area contributed by atoms with Gasteiger partial charge in [-0.05, 0) is 32.1 Å². The highest BCUT2D eigenvalue weighted by molar-refractivity contribution is 6.32. The highest BCUT2D eigenvalue weighted by Gasteiger charge is 2.05. The van der Waals surface area contributed by atoms with Crippen molar-refractivity contribution in [3.05, 3.63) is 47.1 Å². The Hall–Kier alpha value is -2.27. The van der Waals surface area contributed by atoms with E-state index >= 15 is 0 Å². The molecule has 0 bridgehead atoms. The van der Waals surface area contributed by atoms with E-state index in [1.54, 1.807) is 25.4 Å². The zero-order chi connectivity index (χ0) is 15.9. The summed E-state index contributed by atoms with van der Waals surface area (Å²) in [6.45, 7) is 4.51. The number of allylic oxidation sites excluding steroid dienone is 1. The van der Waals surface area contributed by atoms with Crippen LogP contribution >= 0.6 is 11.6 Å². The van der Waals surface area contributed by atoms with Gasteiger partial charge in [0, 0.05) is 24.0 Å². The molecule has 0 amide bonds. The van der Waals surface area contributed by atoms with Crippen molar-refractivity contribution in [1.82, 2.24) is 9.97 Å². The molecule has 1 heterocycles. The minimum Gasteiger partial charge on any atom is -0.488 e. The van der Waals surface area contributed by atoms with Gasteiger partial charge in [0.15, 0.2) is 0 Å². The molecule has 22 heavy (non-hydrogen) atoms. The molecule has 0 aliphatic carbocycles. The van der Waals surface area contributed by atoms with Crippen LogP contribution in [0.5, 0.6) is 11.6 Å². The first kappa shape index (κ1) is 16.1. The summed E-state index contributed by atoms with van der Waals surface area (Å²) >= 11 is 6.14. The van der Waals surface area contributed by atoms with Gasteiger partial charge in [-0.1, -0.05) is 17.2 Å². The first-order valence-electron chi connectivity index (χ1n) is 6.78. The molecule has 6 heteroatoms. The van der Waals surface area contributed by atoms with Gasteiger partial charge in [-0.25, -0.2) is 4.98 Å². The van der Waals surface area contributed by atoms with Crippen LogP contribution in [0.2, 0.25) is 5.02 Å². The van der Waals surface area contributed by atoms with Crippen molar-refractivity contribution < 1.29 is 9.47 Å². The second-order valence-corrected chi connectivity index (χ2v) is 5.19. The highest BCUT2D eigenvalue weighted by atomic mass is 35.5. The molecule has 2 rings (SSSR count). The number of aromatic nitrogens is 2.